The molecule has 28 heavy (non-hydrogen) atoms. The highest BCUT2D eigenvalue weighted by atomic mass is 35.5. The van der Waals surface area contributed by atoms with Gasteiger partial charge < -0.3 is 14.4 Å². The van der Waals surface area contributed by atoms with Gasteiger partial charge in [-0.3, -0.25) is 4.79 Å². The second-order valence-electron chi connectivity index (χ2n) is 6.88. The van der Waals surface area contributed by atoms with Gasteiger partial charge in [0.05, 0.1) is 26.3 Å². The van der Waals surface area contributed by atoms with Gasteiger partial charge >= 0.3 is 0 Å². The molecule has 0 N–H and O–H groups in total. The van der Waals surface area contributed by atoms with E-state index in [-0.39, 0.29) is 11.9 Å². The Labute approximate surface area is 168 Å². The zero-order valence-corrected chi connectivity index (χ0v) is 16.6. The Bertz CT molecular complexity index is 1030. The van der Waals surface area contributed by atoms with Crippen LogP contribution in [0.25, 0.3) is 10.9 Å². The Morgan fingerprint density at radius 1 is 1.11 bits per heavy atom. The van der Waals surface area contributed by atoms with E-state index < -0.39 is 0 Å². The van der Waals surface area contributed by atoms with Gasteiger partial charge in [0.25, 0.3) is 5.91 Å². The molecule has 6 heteroatoms. The highest BCUT2D eigenvalue weighted by Gasteiger charge is 2.33. The molecule has 144 valence electrons. The van der Waals surface area contributed by atoms with Gasteiger partial charge in [-0.05, 0) is 61.4 Å². The summed E-state index contributed by atoms with van der Waals surface area (Å²) in [6.07, 6.45) is 2.03. The highest BCUT2D eigenvalue weighted by molar-refractivity contribution is 6.29. The maximum atomic E-state index is 13.3. The molecule has 0 atom stereocenters. The maximum Gasteiger partial charge on any atom is 0.254 e. The van der Waals surface area contributed by atoms with Crippen LogP contribution < -0.4 is 9.47 Å². The number of pyridine rings is 1. The first-order valence-electron chi connectivity index (χ1n) is 9.17. The SMILES string of the molecule is COc1ccc(OC)c(CN(C(=O)c2ccc3nc(Cl)ccc3c2)C2CC2)c1. The molecule has 2 aromatic carbocycles. The van der Waals surface area contributed by atoms with Crippen LogP contribution in [-0.4, -0.2) is 36.1 Å². The summed E-state index contributed by atoms with van der Waals surface area (Å²) in [5.74, 6) is 1.49. The van der Waals surface area contributed by atoms with Crippen molar-refractivity contribution >= 4 is 28.4 Å². The lowest BCUT2D eigenvalue weighted by molar-refractivity contribution is 0.0729. The van der Waals surface area contributed by atoms with Crippen molar-refractivity contribution in [2.75, 3.05) is 14.2 Å². The monoisotopic (exact) mass is 396 g/mol. The highest BCUT2D eigenvalue weighted by Crippen LogP contribution is 2.33. The van der Waals surface area contributed by atoms with E-state index in [1.807, 2.05) is 47.4 Å². The summed E-state index contributed by atoms with van der Waals surface area (Å²) in [5, 5.41) is 1.33. The second kappa shape index (κ2) is 7.68. The van der Waals surface area contributed by atoms with E-state index in [2.05, 4.69) is 4.98 Å². The Morgan fingerprint density at radius 2 is 1.93 bits per heavy atom. The molecule has 0 bridgehead atoms. The molecule has 0 radical (unpaired) electrons. The number of aromatic nitrogens is 1. The van der Waals surface area contributed by atoms with Gasteiger partial charge in [-0.15, -0.1) is 0 Å². The zero-order chi connectivity index (χ0) is 19.7. The molecule has 1 saturated carbocycles. The van der Waals surface area contributed by atoms with Gasteiger partial charge in [0.15, 0.2) is 0 Å². The number of fused-ring (bicyclic) bond motifs is 1. The van der Waals surface area contributed by atoms with Crippen LogP contribution in [0.3, 0.4) is 0 Å². The molecule has 0 saturated heterocycles. The Kier molecular flexibility index (Phi) is 5.09. The van der Waals surface area contributed by atoms with Crippen LogP contribution in [0, 0.1) is 0 Å². The van der Waals surface area contributed by atoms with Gasteiger partial charge in [-0.25, -0.2) is 4.98 Å². The van der Waals surface area contributed by atoms with Crippen LogP contribution in [-0.2, 0) is 6.54 Å². The largest absolute Gasteiger partial charge is 0.497 e. The lowest BCUT2D eigenvalue weighted by Crippen LogP contribution is -2.32. The molecule has 3 aromatic rings. The van der Waals surface area contributed by atoms with E-state index in [4.69, 9.17) is 21.1 Å². The van der Waals surface area contributed by atoms with E-state index in [1.54, 1.807) is 20.3 Å². The van der Waals surface area contributed by atoms with Gasteiger partial charge in [-0.2, -0.15) is 0 Å². The fraction of sp³-hybridized carbons (Fsp3) is 0.273. The van der Waals surface area contributed by atoms with Crippen molar-refractivity contribution in [2.24, 2.45) is 0 Å². The average molecular weight is 397 g/mol. The average Bonchev–Trinajstić information content (AvgIpc) is 3.56. The van der Waals surface area contributed by atoms with Gasteiger partial charge in [0.2, 0.25) is 0 Å². The van der Waals surface area contributed by atoms with Crippen molar-refractivity contribution < 1.29 is 14.3 Å². The van der Waals surface area contributed by atoms with Crippen LogP contribution in [0.1, 0.15) is 28.8 Å². The van der Waals surface area contributed by atoms with Crippen molar-refractivity contribution in [3.63, 3.8) is 0 Å². The predicted octanol–water partition coefficient (Wildman–Crippen LogP) is 4.71. The molecule has 1 heterocycles. The Balaban J connectivity index is 1.65. The molecule has 1 aromatic heterocycles. The maximum absolute atomic E-state index is 13.3. The molecular formula is C22H21ClN2O3. The number of methoxy groups -OCH3 is 2. The van der Waals surface area contributed by atoms with E-state index in [0.717, 1.165) is 40.8 Å². The number of carbonyl (C=O) groups is 1. The lowest BCUT2D eigenvalue weighted by Gasteiger charge is -2.24. The number of hydrogen-bond acceptors (Lipinski definition) is 4. The summed E-state index contributed by atoms with van der Waals surface area (Å²) < 4.78 is 10.8. The number of halogens is 1. The van der Waals surface area contributed by atoms with Gasteiger partial charge in [-0.1, -0.05) is 11.6 Å². The number of benzene rings is 2. The number of amides is 1. The summed E-state index contributed by atoms with van der Waals surface area (Å²) in [5.41, 5.74) is 2.35. The third-order valence-corrected chi connectivity index (χ3v) is 5.19. The number of hydrogen-bond donors (Lipinski definition) is 0. The molecule has 1 amide bonds. The molecule has 1 fully saturated rings. The quantitative estimate of drug-likeness (QED) is 0.566. The third-order valence-electron chi connectivity index (χ3n) is 4.98. The van der Waals surface area contributed by atoms with Gasteiger partial charge in [0.1, 0.15) is 16.7 Å². The fourth-order valence-corrected chi connectivity index (χ4v) is 3.50. The lowest BCUT2D eigenvalue weighted by atomic mass is 10.1. The normalized spacial score (nSPS) is 13.4. The topological polar surface area (TPSA) is 51.7 Å². The van der Waals surface area contributed by atoms with E-state index in [0.29, 0.717) is 17.3 Å². The summed E-state index contributed by atoms with van der Waals surface area (Å²) in [6.45, 7) is 0.473. The molecule has 0 spiro atoms. The van der Waals surface area contributed by atoms with Crippen LogP contribution in [0.5, 0.6) is 11.5 Å². The summed E-state index contributed by atoms with van der Waals surface area (Å²) in [6, 6.07) is 15.0. The third kappa shape index (κ3) is 3.76. The summed E-state index contributed by atoms with van der Waals surface area (Å²) in [4.78, 5) is 19.5. The molecule has 4 rings (SSSR count). The fourth-order valence-electron chi connectivity index (χ4n) is 3.34. The number of ether oxygens (including phenoxy) is 2. The van der Waals surface area contributed by atoms with Crippen molar-refractivity contribution in [2.45, 2.75) is 25.4 Å². The van der Waals surface area contributed by atoms with Crippen LogP contribution >= 0.6 is 11.6 Å². The first-order chi connectivity index (χ1) is 13.6. The summed E-state index contributed by atoms with van der Waals surface area (Å²) >= 11 is 5.96. The minimum atomic E-state index is 0.00391. The minimum Gasteiger partial charge on any atom is -0.497 e. The molecule has 0 unspecified atom stereocenters. The number of rotatable bonds is 6. The van der Waals surface area contributed by atoms with Crippen molar-refractivity contribution in [1.29, 1.82) is 0 Å². The zero-order valence-electron chi connectivity index (χ0n) is 15.8. The molecule has 0 aliphatic heterocycles. The first-order valence-corrected chi connectivity index (χ1v) is 9.55. The summed E-state index contributed by atoms with van der Waals surface area (Å²) in [7, 11) is 3.26. The van der Waals surface area contributed by atoms with Crippen molar-refractivity contribution in [3.05, 3.63) is 64.8 Å². The molecule has 5 nitrogen and oxygen atoms in total. The first kappa shape index (κ1) is 18.6. The standard InChI is InChI=1S/C22H21ClN2O3/c1-27-18-7-9-20(28-2)16(12-18)13-25(17-5-6-17)22(26)15-3-8-19-14(11-15)4-10-21(23)24-19/h3-4,7-12,17H,5-6,13H2,1-2H3. The number of nitrogens with zero attached hydrogens (tertiary/aromatic N) is 2. The van der Waals surface area contributed by atoms with E-state index in [1.165, 1.54) is 0 Å². The van der Waals surface area contributed by atoms with Crippen LogP contribution in [0.2, 0.25) is 5.15 Å². The molecule has 1 aliphatic rings. The van der Waals surface area contributed by atoms with Crippen LogP contribution in [0.15, 0.2) is 48.5 Å². The predicted molar refractivity (Wildman–Crippen MR) is 109 cm³/mol. The van der Waals surface area contributed by atoms with Crippen molar-refractivity contribution in [1.82, 2.24) is 9.88 Å². The molecular weight excluding hydrogens is 376 g/mol. The van der Waals surface area contributed by atoms with Crippen molar-refractivity contribution in [3.8, 4) is 11.5 Å². The minimum absolute atomic E-state index is 0.00391. The Morgan fingerprint density at radius 3 is 2.64 bits per heavy atom. The number of carbonyl (C=O) groups excluding carboxylic acids is 1. The van der Waals surface area contributed by atoms with E-state index >= 15 is 0 Å². The van der Waals surface area contributed by atoms with Crippen LogP contribution in [0.4, 0.5) is 0 Å². The Hall–Kier alpha value is -2.79. The van der Waals surface area contributed by atoms with Gasteiger partial charge in [0, 0.05) is 22.6 Å². The smallest absolute Gasteiger partial charge is 0.254 e. The molecule has 1 aliphatic carbocycles. The van der Waals surface area contributed by atoms with E-state index in [9.17, 15) is 4.79 Å². The second-order valence-corrected chi connectivity index (χ2v) is 7.27.